The molecular weight excluding hydrogens is 300 g/mol. The second kappa shape index (κ2) is 9.79. The number of hydrogen-bond acceptors (Lipinski definition) is 2. The van der Waals surface area contributed by atoms with Gasteiger partial charge in [-0.3, -0.25) is 4.79 Å². The first kappa shape index (κ1) is 19.8. The van der Waals surface area contributed by atoms with Gasteiger partial charge in [-0.2, -0.15) is 0 Å². The van der Waals surface area contributed by atoms with Crippen LogP contribution >= 0.6 is 0 Å². The Kier molecular flexibility index (Phi) is 8.06. The van der Waals surface area contributed by atoms with Crippen LogP contribution in [0.15, 0.2) is 0 Å². The minimum Gasteiger partial charge on any atom is -0.481 e. The molecule has 0 heterocycles. The van der Waals surface area contributed by atoms with E-state index in [0.29, 0.717) is 12.0 Å². The molecule has 0 atom stereocenters. The van der Waals surface area contributed by atoms with Gasteiger partial charge >= 0.3 is 5.97 Å². The van der Waals surface area contributed by atoms with Gasteiger partial charge in [-0.05, 0) is 56.8 Å². The van der Waals surface area contributed by atoms with Crippen LogP contribution in [-0.2, 0) is 9.53 Å². The quantitative estimate of drug-likeness (QED) is 0.539. The fourth-order valence-corrected chi connectivity index (χ4v) is 5.08. The Hall–Kier alpha value is -0.570. The minimum absolute atomic E-state index is 0.297. The molecular formula is C21H38O3. The van der Waals surface area contributed by atoms with E-state index in [9.17, 15) is 9.90 Å². The highest BCUT2D eigenvalue weighted by molar-refractivity contribution is 5.75. The zero-order valence-corrected chi connectivity index (χ0v) is 15.9. The molecule has 0 saturated heterocycles. The second-order valence-electron chi connectivity index (χ2n) is 8.24. The van der Waals surface area contributed by atoms with E-state index in [-0.39, 0.29) is 0 Å². The molecule has 1 N–H and O–H groups in total. The van der Waals surface area contributed by atoms with Crippen molar-refractivity contribution in [3.05, 3.63) is 0 Å². The fourth-order valence-electron chi connectivity index (χ4n) is 5.08. The van der Waals surface area contributed by atoms with Crippen LogP contribution in [-0.4, -0.2) is 23.8 Å². The Morgan fingerprint density at radius 3 is 2.21 bits per heavy atom. The lowest BCUT2D eigenvalue weighted by Gasteiger charge is -2.45. The monoisotopic (exact) mass is 338 g/mol. The third kappa shape index (κ3) is 4.97. The lowest BCUT2D eigenvalue weighted by molar-refractivity contribution is -0.159. The number of unbranched alkanes of at least 4 members (excludes halogenated alkanes) is 2. The number of rotatable bonds is 9. The molecule has 0 aromatic rings. The largest absolute Gasteiger partial charge is 0.481 e. The van der Waals surface area contributed by atoms with Crippen molar-refractivity contribution >= 4 is 5.97 Å². The molecule has 0 unspecified atom stereocenters. The van der Waals surface area contributed by atoms with Gasteiger partial charge in [0.05, 0.1) is 11.5 Å². The molecule has 0 aromatic heterocycles. The number of ether oxygens (including phenoxy) is 1. The van der Waals surface area contributed by atoms with Gasteiger partial charge in [-0.1, -0.05) is 52.4 Å². The van der Waals surface area contributed by atoms with Crippen molar-refractivity contribution in [1.29, 1.82) is 0 Å². The molecule has 2 saturated carbocycles. The summed E-state index contributed by atoms with van der Waals surface area (Å²) in [6.45, 7) is 5.31. The molecule has 0 spiro atoms. The third-order valence-electron chi connectivity index (χ3n) is 6.68. The van der Waals surface area contributed by atoms with E-state index in [0.717, 1.165) is 57.5 Å². The van der Waals surface area contributed by atoms with Gasteiger partial charge < -0.3 is 9.84 Å². The van der Waals surface area contributed by atoms with Crippen molar-refractivity contribution in [2.45, 2.75) is 103 Å². The van der Waals surface area contributed by atoms with Crippen molar-refractivity contribution in [1.82, 2.24) is 0 Å². The van der Waals surface area contributed by atoms with Gasteiger partial charge in [0.1, 0.15) is 0 Å². The highest BCUT2D eigenvalue weighted by atomic mass is 16.5. The van der Waals surface area contributed by atoms with Crippen molar-refractivity contribution in [3.8, 4) is 0 Å². The Morgan fingerprint density at radius 1 is 1.00 bits per heavy atom. The van der Waals surface area contributed by atoms with Crippen LogP contribution < -0.4 is 0 Å². The zero-order valence-electron chi connectivity index (χ0n) is 15.9. The molecule has 2 aliphatic carbocycles. The van der Waals surface area contributed by atoms with Crippen LogP contribution in [0.1, 0.15) is 97.3 Å². The zero-order chi connectivity index (χ0) is 17.4. The number of aliphatic carboxylic acids is 1. The summed E-state index contributed by atoms with van der Waals surface area (Å²) < 4.78 is 6.00. The van der Waals surface area contributed by atoms with Crippen molar-refractivity contribution in [2.24, 2.45) is 17.3 Å². The van der Waals surface area contributed by atoms with E-state index in [1.54, 1.807) is 0 Å². The molecule has 0 amide bonds. The summed E-state index contributed by atoms with van der Waals surface area (Å²) in [5, 5.41) is 10.0. The fraction of sp³-hybridized carbons (Fsp3) is 0.952. The summed E-state index contributed by atoms with van der Waals surface area (Å²) in [7, 11) is 0. The summed E-state index contributed by atoms with van der Waals surface area (Å²) in [6.07, 6.45) is 14.7. The average Bonchev–Trinajstić information content (AvgIpc) is 2.60. The molecule has 2 fully saturated rings. The SMILES string of the molecule is CCCCCOC1CCC(C(=O)O)(C2CCC(CCC)CC2)CC1. The Balaban J connectivity index is 1.84. The second-order valence-corrected chi connectivity index (χ2v) is 8.24. The molecule has 24 heavy (non-hydrogen) atoms. The number of carboxylic acid groups (broad SMARTS) is 1. The Bertz CT molecular complexity index is 363. The molecule has 0 radical (unpaired) electrons. The smallest absolute Gasteiger partial charge is 0.309 e. The summed E-state index contributed by atoms with van der Waals surface area (Å²) in [5.74, 6) is 0.699. The van der Waals surface area contributed by atoms with Crippen LogP contribution in [0.2, 0.25) is 0 Å². The van der Waals surface area contributed by atoms with Crippen LogP contribution in [0, 0.1) is 17.3 Å². The predicted octanol–water partition coefficient (Wildman–Crippen LogP) is 5.81. The average molecular weight is 339 g/mol. The lowest BCUT2D eigenvalue weighted by atomic mass is 9.60. The van der Waals surface area contributed by atoms with E-state index < -0.39 is 11.4 Å². The Labute approximate surface area is 148 Å². The van der Waals surface area contributed by atoms with Crippen LogP contribution in [0.5, 0.6) is 0 Å². The topological polar surface area (TPSA) is 46.5 Å². The molecule has 140 valence electrons. The standard InChI is InChI=1S/C21H38O3/c1-3-5-6-16-24-19-12-14-21(15-13-19,20(22)23)18-10-8-17(7-4-2)9-11-18/h17-19H,3-16H2,1-2H3,(H,22,23). The number of hydrogen-bond donors (Lipinski definition) is 1. The van der Waals surface area contributed by atoms with E-state index in [4.69, 9.17) is 4.74 Å². The lowest BCUT2D eigenvalue weighted by Crippen LogP contribution is -2.44. The van der Waals surface area contributed by atoms with E-state index in [1.807, 2.05) is 0 Å². The first-order chi connectivity index (χ1) is 11.6. The van der Waals surface area contributed by atoms with Gasteiger partial charge in [0.25, 0.3) is 0 Å². The summed E-state index contributed by atoms with van der Waals surface area (Å²) in [4.78, 5) is 12.1. The van der Waals surface area contributed by atoms with Gasteiger partial charge in [0, 0.05) is 6.61 Å². The number of carboxylic acids is 1. The molecule has 0 aliphatic heterocycles. The first-order valence-corrected chi connectivity index (χ1v) is 10.5. The van der Waals surface area contributed by atoms with Crippen LogP contribution in [0.4, 0.5) is 0 Å². The molecule has 3 heteroatoms. The molecule has 0 bridgehead atoms. The predicted molar refractivity (Wildman–Crippen MR) is 98.2 cm³/mol. The maximum absolute atomic E-state index is 12.1. The normalized spacial score (nSPS) is 34.2. The molecule has 2 rings (SSSR count). The minimum atomic E-state index is -0.536. The third-order valence-corrected chi connectivity index (χ3v) is 6.68. The maximum Gasteiger partial charge on any atom is 0.309 e. The summed E-state index contributed by atoms with van der Waals surface area (Å²) in [6, 6.07) is 0. The molecule has 0 aromatic carbocycles. The summed E-state index contributed by atoms with van der Waals surface area (Å²) in [5.41, 5.74) is -0.458. The van der Waals surface area contributed by atoms with Crippen molar-refractivity contribution in [2.75, 3.05) is 6.61 Å². The van der Waals surface area contributed by atoms with Crippen LogP contribution in [0.3, 0.4) is 0 Å². The van der Waals surface area contributed by atoms with Gasteiger partial charge in [-0.15, -0.1) is 0 Å². The Morgan fingerprint density at radius 2 is 1.67 bits per heavy atom. The first-order valence-electron chi connectivity index (χ1n) is 10.5. The van der Waals surface area contributed by atoms with Gasteiger partial charge in [0.15, 0.2) is 0 Å². The van der Waals surface area contributed by atoms with E-state index >= 15 is 0 Å². The molecule has 3 nitrogen and oxygen atoms in total. The van der Waals surface area contributed by atoms with Crippen molar-refractivity contribution < 1.29 is 14.6 Å². The number of carbonyl (C=O) groups is 1. The van der Waals surface area contributed by atoms with E-state index in [2.05, 4.69) is 13.8 Å². The molecule has 2 aliphatic rings. The van der Waals surface area contributed by atoms with E-state index in [1.165, 1.54) is 38.5 Å². The van der Waals surface area contributed by atoms with Crippen LogP contribution in [0.25, 0.3) is 0 Å². The maximum atomic E-state index is 12.1. The highest BCUT2D eigenvalue weighted by Gasteiger charge is 2.48. The van der Waals surface area contributed by atoms with Gasteiger partial charge in [-0.25, -0.2) is 0 Å². The highest BCUT2D eigenvalue weighted by Crippen LogP contribution is 2.50. The van der Waals surface area contributed by atoms with Crippen molar-refractivity contribution in [3.63, 3.8) is 0 Å². The summed E-state index contributed by atoms with van der Waals surface area (Å²) >= 11 is 0. The van der Waals surface area contributed by atoms with Gasteiger partial charge in [0.2, 0.25) is 0 Å².